The predicted octanol–water partition coefficient (Wildman–Crippen LogP) is 0.964. The minimum Gasteiger partial charge on any atom is -0.387 e. The number of nitrogens with two attached hydrogens (primary N) is 1. The van der Waals surface area contributed by atoms with Crippen LogP contribution in [-0.2, 0) is 11.3 Å². The van der Waals surface area contributed by atoms with Gasteiger partial charge in [-0.2, -0.15) is 0 Å². The van der Waals surface area contributed by atoms with Crippen LogP contribution in [0.2, 0.25) is 0 Å². The molecule has 0 aliphatic carbocycles. The lowest BCUT2D eigenvalue weighted by Gasteiger charge is -2.10. The average molecular weight is 199 g/mol. The van der Waals surface area contributed by atoms with Gasteiger partial charge < -0.3 is 15.6 Å². The minimum atomic E-state index is -0.744. The second-order valence-corrected chi connectivity index (χ2v) is 3.04. The third kappa shape index (κ3) is 2.51. The number of aliphatic hydroxyl groups is 1. The summed E-state index contributed by atoms with van der Waals surface area (Å²) in [6.45, 7) is 0.315. The molecular weight excluding hydrogens is 185 g/mol. The highest BCUT2D eigenvalue weighted by molar-refractivity contribution is 5.26. The molecular formula is C10H14FNO2. The molecule has 1 rings (SSSR count). The van der Waals surface area contributed by atoms with Crippen molar-refractivity contribution in [3.8, 4) is 0 Å². The van der Waals surface area contributed by atoms with Crippen LogP contribution in [0.4, 0.5) is 4.39 Å². The minimum absolute atomic E-state index is 0.123. The highest BCUT2D eigenvalue weighted by Crippen LogP contribution is 2.16. The molecule has 14 heavy (non-hydrogen) atoms. The third-order valence-corrected chi connectivity index (χ3v) is 1.98. The van der Waals surface area contributed by atoms with Crippen molar-refractivity contribution in [2.75, 3.05) is 13.7 Å². The van der Waals surface area contributed by atoms with E-state index in [9.17, 15) is 9.50 Å². The van der Waals surface area contributed by atoms with Crippen LogP contribution in [0, 0.1) is 5.82 Å². The summed E-state index contributed by atoms with van der Waals surface area (Å²) in [7, 11) is 1.49. The van der Waals surface area contributed by atoms with E-state index in [2.05, 4.69) is 0 Å². The molecule has 0 aliphatic heterocycles. The lowest BCUT2D eigenvalue weighted by molar-refractivity contribution is 0.177. The van der Waals surface area contributed by atoms with Crippen LogP contribution in [0.1, 0.15) is 17.2 Å². The molecule has 3 nitrogen and oxygen atoms in total. The fraction of sp³-hybridized carbons (Fsp3) is 0.400. The maximum Gasteiger partial charge on any atom is 0.128 e. The summed E-state index contributed by atoms with van der Waals surface area (Å²) < 4.78 is 18.0. The van der Waals surface area contributed by atoms with Gasteiger partial charge >= 0.3 is 0 Å². The van der Waals surface area contributed by atoms with Gasteiger partial charge in [-0.15, -0.1) is 0 Å². The normalized spacial score (nSPS) is 12.9. The highest BCUT2D eigenvalue weighted by atomic mass is 19.1. The van der Waals surface area contributed by atoms with Gasteiger partial charge in [-0.1, -0.05) is 6.07 Å². The first-order valence-corrected chi connectivity index (χ1v) is 4.34. The summed E-state index contributed by atoms with van der Waals surface area (Å²) >= 11 is 0. The molecule has 4 heteroatoms. The van der Waals surface area contributed by atoms with Crippen LogP contribution in [-0.4, -0.2) is 18.8 Å². The average Bonchev–Trinajstić information content (AvgIpc) is 2.20. The van der Waals surface area contributed by atoms with Gasteiger partial charge in [0.15, 0.2) is 0 Å². The second-order valence-electron chi connectivity index (χ2n) is 3.04. The Morgan fingerprint density at radius 1 is 1.57 bits per heavy atom. The molecule has 78 valence electrons. The Labute approximate surface area is 82.3 Å². The summed E-state index contributed by atoms with van der Waals surface area (Å²) in [6.07, 6.45) is -0.744. The lowest BCUT2D eigenvalue weighted by atomic mass is 10.1. The third-order valence-electron chi connectivity index (χ3n) is 1.98. The van der Waals surface area contributed by atoms with E-state index in [1.54, 1.807) is 6.07 Å². The molecule has 0 radical (unpaired) electrons. The number of rotatable bonds is 4. The van der Waals surface area contributed by atoms with Gasteiger partial charge in [0, 0.05) is 19.2 Å². The smallest absolute Gasteiger partial charge is 0.128 e. The quantitative estimate of drug-likeness (QED) is 0.759. The van der Waals surface area contributed by atoms with E-state index in [0.717, 1.165) is 0 Å². The molecule has 0 spiro atoms. The Hall–Kier alpha value is -0.970. The number of benzene rings is 1. The van der Waals surface area contributed by atoms with Crippen LogP contribution in [0.5, 0.6) is 0 Å². The summed E-state index contributed by atoms with van der Waals surface area (Å²) in [5, 5.41) is 9.42. The van der Waals surface area contributed by atoms with Crippen molar-refractivity contribution in [2.45, 2.75) is 12.7 Å². The zero-order chi connectivity index (χ0) is 10.6. The molecule has 0 saturated carbocycles. The molecule has 3 N–H and O–H groups in total. The summed E-state index contributed by atoms with van der Waals surface area (Å²) in [5.74, 6) is -0.333. The predicted molar refractivity (Wildman–Crippen MR) is 51.1 cm³/mol. The van der Waals surface area contributed by atoms with E-state index in [1.807, 2.05) is 0 Å². The van der Waals surface area contributed by atoms with Crippen LogP contribution >= 0.6 is 0 Å². The van der Waals surface area contributed by atoms with E-state index in [-0.39, 0.29) is 19.0 Å². The van der Waals surface area contributed by atoms with Crippen molar-refractivity contribution in [1.82, 2.24) is 0 Å². The number of ether oxygens (including phenoxy) is 1. The van der Waals surface area contributed by atoms with Gasteiger partial charge in [-0.25, -0.2) is 4.39 Å². The molecule has 1 aromatic carbocycles. The highest BCUT2D eigenvalue weighted by Gasteiger charge is 2.08. The fourth-order valence-electron chi connectivity index (χ4n) is 1.20. The van der Waals surface area contributed by atoms with Crippen molar-refractivity contribution >= 4 is 0 Å². The van der Waals surface area contributed by atoms with Crippen molar-refractivity contribution in [3.05, 3.63) is 35.1 Å². The molecule has 0 aromatic heterocycles. The number of halogens is 1. The van der Waals surface area contributed by atoms with Gasteiger partial charge in [-0.05, 0) is 17.7 Å². The molecule has 0 bridgehead atoms. The van der Waals surface area contributed by atoms with Crippen molar-refractivity contribution < 1.29 is 14.2 Å². The Kier molecular flexibility index (Phi) is 4.00. The van der Waals surface area contributed by atoms with E-state index in [0.29, 0.717) is 11.1 Å². The van der Waals surface area contributed by atoms with E-state index < -0.39 is 6.10 Å². The Morgan fingerprint density at radius 3 is 2.86 bits per heavy atom. The summed E-state index contributed by atoms with van der Waals surface area (Å²) in [6, 6.07) is 4.39. The zero-order valence-corrected chi connectivity index (χ0v) is 8.03. The molecule has 1 atom stereocenters. The molecule has 0 amide bonds. The lowest BCUT2D eigenvalue weighted by Crippen LogP contribution is -2.12. The first-order chi connectivity index (χ1) is 6.69. The van der Waals surface area contributed by atoms with Gasteiger partial charge in [0.25, 0.3) is 0 Å². The van der Waals surface area contributed by atoms with Gasteiger partial charge in [0.2, 0.25) is 0 Å². The van der Waals surface area contributed by atoms with Gasteiger partial charge in [-0.3, -0.25) is 0 Å². The SMILES string of the molecule is COCc1cc(C(O)CN)ccc1F. The topological polar surface area (TPSA) is 55.5 Å². The first kappa shape index (κ1) is 11.1. The zero-order valence-electron chi connectivity index (χ0n) is 8.03. The largest absolute Gasteiger partial charge is 0.387 e. The summed E-state index contributed by atoms with van der Waals surface area (Å²) in [4.78, 5) is 0. The number of aliphatic hydroxyl groups excluding tert-OH is 1. The molecule has 1 aromatic rings. The first-order valence-electron chi connectivity index (χ1n) is 4.34. The molecule has 1 unspecified atom stereocenters. The maximum atomic E-state index is 13.1. The monoisotopic (exact) mass is 199 g/mol. The van der Waals surface area contributed by atoms with E-state index in [1.165, 1.54) is 19.2 Å². The van der Waals surface area contributed by atoms with E-state index >= 15 is 0 Å². The van der Waals surface area contributed by atoms with Gasteiger partial charge in [0.05, 0.1) is 12.7 Å². The van der Waals surface area contributed by atoms with Crippen LogP contribution in [0.25, 0.3) is 0 Å². The van der Waals surface area contributed by atoms with E-state index in [4.69, 9.17) is 10.5 Å². The van der Waals surface area contributed by atoms with Crippen molar-refractivity contribution in [1.29, 1.82) is 0 Å². The fourth-order valence-corrected chi connectivity index (χ4v) is 1.20. The number of hydrogen-bond acceptors (Lipinski definition) is 3. The molecule has 0 fully saturated rings. The van der Waals surface area contributed by atoms with Crippen LogP contribution in [0.15, 0.2) is 18.2 Å². The second kappa shape index (κ2) is 5.05. The molecule has 0 heterocycles. The number of hydrogen-bond donors (Lipinski definition) is 2. The molecule has 0 aliphatic rings. The number of methoxy groups -OCH3 is 1. The standard InChI is InChI=1S/C10H14FNO2/c1-14-6-8-4-7(10(13)5-12)2-3-9(8)11/h2-4,10,13H,5-6,12H2,1H3. The van der Waals surface area contributed by atoms with Crippen LogP contribution < -0.4 is 5.73 Å². The van der Waals surface area contributed by atoms with Crippen LogP contribution in [0.3, 0.4) is 0 Å². The Bertz CT molecular complexity index is 304. The Morgan fingerprint density at radius 2 is 2.29 bits per heavy atom. The summed E-state index contributed by atoms with van der Waals surface area (Å²) in [5.41, 5.74) is 6.33. The van der Waals surface area contributed by atoms with Gasteiger partial charge in [0.1, 0.15) is 5.82 Å². The Balaban J connectivity index is 2.93. The van der Waals surface area contributed by atoms with Crippen molar-refractivity contribution in [3.63, 3.8) is 0 Å². The van der Waals surface area contributed by atoms with Crippen molar-refractivity contribution in [2.24, 2.45) is 5.73 Å². The maximum absolute atomic E-state index is 13.1. The molecule has 0 saturated heterocycles.